The summed E-state index contributed by atoms with van der Waals surface area (Å²) in [4.78, 5) is 22.6. The van der Waals surface area contributed by atoms with Gasteiger partial charge in [-0.1, -0.05) is 6.07 Å². The molecule has 0 spiro atoms. The molecule has 2 heterocycles. The van der Waals surface area contributed by atoms with Crippen LogP contribution in [0.4, 0.5) is 0 Å². The predicted molar refractivity (Wildman–Crippen MR) is 60.0 cm³/mol. The fourth-order valence-corrected chi connectivity index (χ4v) is 1.61. The Morgan fingerprint density at radius 3 is 2.82 bits per heavy atom. The van der Waals surface area contributed by atoms with Crippen molar-refractivity contribution in [3.8, 4) is 0 Å². The maximum absolute atomic E-state index is 11.6. The SMILES string of the molecule is Cn1cc(Cn2c(C(=O)O)cccc2=O)cn1. The molecule has 0 bridgehead atoms. The Labute approximate surface area is 96.7 Å². The van der Waals surface area contributed by atoms with Gasteiger partial charge in [-0.2, -0.15) is 5.10 Å². The molecule has 6 nitrogen and oxygen atoms in total. The van der Waals surface area contributed by atoms with Gasteiger partial charge in [-0.15, -0.1) is 0 Å². The minimum Gasteiger partial charge on any atom is -0.477 e. The number of hydrogen-bond acceptors (Lipinski definition) is 3. The molecule has 0 aliphatic heterocycles. The van der Waals surface area contributed by atoms with Gasteiger partial charge in [0, 0.05) is 24.9 Å². The minimum absolute atomic E-state index is 0.0265. The van der Waals surface area contributed by atoms with Crippen LogP contribution in [0.15, 0.2) is 35.4 Å². The molecule has 2 rings (SSSR count). The Morgan fingerprint density at radius 1 is 1.47 bits per heavy atom. The van der Waals surface area contributed by atoms with E-state index >= 15 is 0 Å². The third kappa shape index (κ3) is 2.25. The van der Waals surface area contributed by atoms with Crippen LogP contribution in [0.25, 0.3) is 0 Å². The number of carboxylic acid groups (broad SMARTS) is 1. The second kappa shape index (κ2) is 4.25. The molecule has 2 aromatic rings. The highest BCUT2D eigenvalue weighted by atomic mass is 16.4. The smallest absolute Gasteiger partial charge is 0.352 e. The van der Waals surface area contributed by atoms with E-state index in [2.05, 4.69) is 5.10 Å². The van der Waals surface area contributed by atoms with Crippen LogP contribution in [0, 0.1) is 0 Å². The van der Waals surface area contributed by atoms with E-state index in [-0.39, 0.29) is 17.8 Å². The molecule has 1 N–H and O–H groups in total. The molecule has 0 radical (unpaired) electrons. The molecule has 6 heteroatoms. The zero-order chi connectivity index (χ0) is 12.4. The summed E-state index contributed by atoms with van der Waals surface area (Å²) in [6.07, 6.45) is 3.34. The van der Waals surface area contributed by atoms with Crippen LogP contribution >= 0.6 is 0 Å². The molecule has 0 amide bonds. The fraction of sp³-hybridized carbons (Fsp3) is 0.182. The van der Waals surface area contributed by atoms with Crippen molar-refractivity contribution in [2.75, 3.05) is 0 Å². The van der Waals surface area contributed by atoms with Gasteiger partial charge in [0.05, 0.1) is 12.7 Å². The molecule has 0 aliphatic rings. The Kier molecular flexibility index (Phi) is 2.78. The molecule has 0 fully saturated rings. The molecular weight excluding hydrogens is 222 g/mol. The monoisotopic (exact) mass is 233 g/mol. The lowest BCUT2D eigenvalue weighted by atomic mass is 10.3. The second-order valence-corrected chi connectivity index (χ2v) is 3.66. The van der Waals surface area contributed by atoms with Crippen LogP contribution in [-0.4, -0.2) is 25.4 Å². The van der Waals surface area contributed by atoms with Crippen molar-refractivity contribution < 1.29 is 9.90 Å². The third-order valence-corrected chi connectivity index (χ3v) is 2.37. The number of pyridine rings is 1. The largest absolute Gasteiger partial charge is 0.477 e. The van der Waals surface area contributed by atoms with Gasteiger partial charge in [0.15, 0.2) is 0 Å². The molecule has 0 saturated carbocycles. The maximum Gasteiger partial charge on any atom is 0.352 e. The summed E-state index contributed by atoms with van der Waals surface area (Å²) in [5.41, 5.74) is 0.415. The Hall–Kier alpha value is -2.37. The number of rotatable bonds is 3. The van der Waals surface area contributed by atoms with Gasteiger partial charge in [0.25, 0.3) is 5.56 Å². The highest BCUT2D eigenvalue weighted by Crippen LogP contribution is 2.03. The van der Waals surface area contributed by atoms with Crippen LogP contribution in [0.5, 0.6) is 0 Å². The number of nitrogens with zero attached hydrogens (tertiary/aromatic N) is 3. The second-order valence-electron chi connectivity index (χ2n) is 3.66. The standard InChI is InChI=1S/C11H11N3O3/c1-13-6-8(5-12-13)7-14-9(11(16)17)3-2-4-10(14)15/h2-6H,7H2,1H3,(H,16,17). The normalized spacial score (nSPS) is 10.4. The first kappa shape index (κ1) is 11.1. The Morgan fingerprint density at radius 2 is 2.24 bits per heavy atom. The van der Waals surface area contributed by atoms with E-state index in [1.165, 1.54) is 22.8 Å². The van der Waals surface area contributed by atoms with Crippen molar-refractivity contribution in [2.24, 2.45) is 7.05 Å². The number of aromatic nitrogens is 3. The van der Waals surface area contributed by atoms with Crippen LogP contribution in [0.2, 0.25) is 0 Å². The molecule has 0 unspecified atom stereocenters. The van der Waals surface area contributed by atoms with E-state index in [0.717, 1.165) is 5.56 Å². The summed E-state index contributed by atoms with van der Waals surface area (Å²) in [7, 11) is 1.76. The van der Waals surface area contributed by atoms with Gasteiger partial charge in [-0.3, -0.25) is 14.0 Å². The predicted octanol–water partition coefficient (Wildman–Crippen LogP) is 0.328. The average molecular weight is 233 g/mol. The molecule has 0 atom stereocenters. The maximum atomic E-state index is 11.6. The van der Waals surface area contributed by atoms with E-state index in [4.69, 9.17) is 5.11 Å². The Bertz CT molecular complexity index is 612. The fourth-order valence-electron chi connectivity index (χ4n) is 1.61. The number of aromatic carboxylic acids is 1. The number of aryl methyl sites for hydroxylation is 1. The van der Waals surface area contributed by atoms with E-state index in [1.54, 1.807) is 24.1 Å². The number of carboxylic acids is 1. The average Bonchev–Trinajstić information content (AvgIpc) is 2.67. The van der Waals surface area contributed by atoms with Crippen LogP contribution < -0.4 is 5.56 Å². The molecule has 0 aromatic carbocycles. The van der Waals surface area contributed by atoms with Crippen molar-refractivity contribution >= 4 is 5.97 Å². The van der Waals surface area contributed by atoms with Crippen LogP contribution in [0.3, 0.4) is 0 Å². The van der Waals surface area contributed by atoms with Crippen LogP contribution in [-0.2, 0) is 13.6 Å². The van der Waals surface area contributed by atoms with Crippen molar-refractivity contribution in [1.29, 1.82) is 0 Å². The van der Waals surface area contributed by atoms with Crippen molar-refractivity contribution in [1.82, 2.24) is 14.3 Å². The third-order valence-electron chi connectivity index (χ3n) is 2.37. The highest BCUT2D eigenvalue weighted by Gasteiger charge is 2.11. The lowest BCUT2D eigenvalue weighted by molar-refractivity contribution is 0.0684. The quantitative estimate of drug-likeness (QED) is 0.828. The zero-order valence-corrected chi connectivity index (χ0v) is 9.20. The van der Waals surface area contributed by atoms with E-state index < -0.39 is 5.97 Å². The lowest BCUT2D eigenvalue weighted by Gasteiger charge is -2.07. The summed E-state index contributed by atoms with van der Waals surface area (Å²) in [5.74, 6) is -1.12. The molecule has 17 heavy (non-hydrogen) atoms. The summed E-state index contributed by atoms with van der Waals surface area (Å²) >= 11 is 0. The van der Waals surface area contributed by atoms with Crippen molar-refractivity contribution in [2.45, 2.75) is 6.54 Å². The van der Waals surface area contributed by atoms with Gasteiger partial charge < -0.3 is 5.11 Å². The first-order chi connectivity index (χ1) is 8.08. The van der Waals surface area contributed by atoms with Crippen molar-refractivity contribution in [3.05, 3.63) is 52.2 Å². The first-order valence-electron chi connectivity index (χ1n) is 4.98. The topological polar surface area (TPSA) is 77.1 Å². The number of hydrogen-bond donors (Lipinski definition) is 1. The van der Waals surface area contributed by atoms with Gasteiger partial charge in [-0.05, 0) is 6.07 Å². The zero-order valence-electron chi connectivity index (χ0n) is 9.20. The van der Waals surface area contributed by atoms with Gasteiger partial charge in [-0.25, -0.2) is 4.79 Å². The lowest BCUT2D eigenvalue weighted by Crippen LogP contribution is -2.25. The molecule has 88 valence electrons. The minimum atomic E-state index is -1.12. The van der Waals surface area contributed by atoms with E-state index in [0.29, 0.717) is 0 Å². The van der Waals surface area contributed by atoms with E-state index in [9.17, 15) is 9.59 Å². The summed E-state index contributed by atoms with van der Waals surface area (Å²) < 4.78 is 2.81. The summed E-state index contributed by atoms with van der Waals surface area (Å²) in [6, 6.07) is 4.18. The van der Waals surface area contributed by atoms with Gasteiger partial charge >= 0.3 is 5.97 Å². The van der Waals surface area contributed by atoms with Crippen LogP contribution in [0.1, 0.15) is 16.1 Å². The first-order valence-corrected chi connectivity index (χ1v) is 4.98. The molecule has 0 saturated heterocycles. The van der Waals surface area contributed by atoms with Crippen molar-refractivity contribution in [3.63, 3.8) is 0 Å². The van der Waals surface area contributed by atoms with Gasteiger partial charge in [0.1, 0.15) is 5.69 Å². The molecule has 0 aliphatic carbocycles. The molecule has 2 aromatic heterocycles. The van der Waals surface area contributed by atoms with E-state index in [1.807, 2.05) is 0 Å². The Balaban J connectivity index is 2.44. The number of carbonyl (C=O) groups is 1. The molecular formula is C11H11N3O3. The summed E-state index contributed by atoms with van der Waals surface area (Å²) in [5, 5.41) is 13.0. The summed E-state index contributed by atoms with van der Waals surface area (Å²) in [6.45, 7) is 0.204. The van der Waals surface area contributed by atoms with Gasteiger partial charge in [0.2, 0.25) is 0 Å². The highest BCUT2D eigenvalue weighted by molar-refractivity contribution is 5.85.